The van der Waals surface area contributed by atoms with Crippen molar-refractivity contribution in [1.29, 1.82) is 0 Å². The Labute approximate surface area is 98.2 Å². The lowest BCUT2D eigenvalue weighted by Crippen LogP contribution is -2.41. The van der Waals surface area contributed by atoms with Gasteiger partial charge >= 0.3 is 0 Å². The van der Waals surface area contributed by atoms with Crippen molar-refractivity contribution >= 4 is 11.8 Å². The van der Waals surface area contributed by atoms with E-state index < -0.39 is 0 Å². The van der Waals surface area contributed by atoms with Gasteiger partial charge in [-0.1, -0.05) is 6.92 Å². The van der Waals surface area contributed by atoms with Gasteiger partial charge in [-0.3, -0.25) is 0 Å². The van der Waals surface area contributed by atoms with Crippen molar-refractivity contribution in [2.75, 3.05) is 32.4 Å². The highest BCUT2D eigenvalue weighted by Gasteiger charge is 2.24. The van der Waals surface area contributed by atoms with E-state index in [1.54, 1.807) is 0 Å². The lowest BCUT2D eigenvalue weighted by molar-refractivity contribution is 0.370. The van der Waals surface area contributed by atoms with Gasteiger partial charge in [0.1, 0.15) is 0 Å². The van der Waals surface area contributed by atoms with Crippen LogP contribution in [0, 0.1) is 5.92 Å². The molecule has 0 radical (unpaired) electrons. The van der Waals surface area contributed by atoms with Crippen LogP contribution < -0.4 is 5.32 Å². The summed E-state index contributed by atoms with van der Waals surface area (Å²) in [6.45, 7) is 6.20. The SMILES string of the molecule is CC1SCCCC1NCC1CCN(C)C1. The predicted molar refractivity (Wildman–Crippen MR) is 68.5 cm³/mol. The van der Waals surface area contributed by atoms with Crippen LogP contribution in [-0.2, 0) is 0 Å². The van der Waals surface area contributed by atoms with Crippen LogP contribution in [0.2, 0.25) is 0 Å². The van der Waals surface area contributed by atoms with E-state index in [0.29, 0.717) is 0 Å². The van der Waals surface area contributed by atoms with Crippen LogP contribution in [0.15, 0.2) is 0 Å². The molecule has 0 aromatic carbocycles. The molecule has 2 fully saturated rings. The highest BCUT2D eigenvalue weighted by Crippen LogP contribution is 2.25. The molecule has 0 saturated carbocycles. The number of thioether (sulfide) groups is 1. The molecule has 2 rings (SSSR count). The van der Waals surface area contributed by atoms with Gasteiger partial charge in [-0.05, 0) is 51.1 Å². The molecule has 15 heavy (non-hydrogen) atoms. The van der Waals surface area contributed by atoms with E-state index in [2.05, 4.69) is 35.9 Å². The number of nitrogens with one attached hydrogen (secondary N) is 1. The molecule has 2 saturated heterocycles. The summed E-state index contributed by atoms with van der Waals surface area (Å²) >= 11 is 2.14. The number of rotatable bonds is 3. The molecule has 0 aromatic heterocycles. The van der Waals surface area contributed by atoms with Gasteiger partial charge in [0.05, 0.1) is 0 Å². The fourth-order valence-electron chi connectivity index (χ4n) is 2.70. The normalized spacial score (nSPS) is 38.4. The van der Waals surface area contributed by atoms with E-state index in [1.807, 2.05) is 0 Å². The van der Waals surface area contributed by atoms with Gasteiger partial charge in [-0.2, -0.15) is 11.8 Å². The van der Waals surface area contributed by atoms with E-state index in [9.17, 15) is 0 Å². The summed E-state index contributed by atoms with van der Waals surface area (Å²) < 4.78 is 0. The molecule has 2 aliphatic heterocycles. The summed E-state index contributed by atoms with van der Waals surface area (Å²) in [6.07, 6.45) is 4.17. The van der Waals surface area contributed by atoms with Crippen LogP contribution in [0.4, 0.5) is 0 Å². The molecular weight excluding hydrogens is 204 g/mol. The molecule has 0 amide bonds. The van der Waals surface area contributed by atoms with Crippen LogP contribution in [0.25, 0.3) is 0 Å². The summed E-state index contributed by atoms with van der Waals surface area (Å²) in [6, 6.07) is 0.773. The van der Waals surface area contributed by atoms with Crippen molar-refractivity contribution in [2.24, 2.45) is 5.92 Å². The Morgan fingerprint density at radius 3 is 2.93 bits per heavy atom. The summed E-state index contributed by atoms with van der Waals surface area (Å²) in [4.78, 5) is 2.45. The summed E-state index contributed by atoms with van der Waals surface area (Å²) in [7, 11) is 2.24. The largest absolute Gasteiger partial charge is 0.313 e. The van der Waals surface area contributed by atoms with Crippen molar-refractivity contribution in [3.8, 4) is 0 Å². The Morgan fingerprint density at radius 1 is 1.40 bits per heavy atom. The molecule has 0 bridgehead atoms. The number of hydrogen-bond donors (Lipinski definition) is 1. The van der Waals surface area contributed by atoms with E-state index in [4.69, 9.17) is 0 Å². The number of hydrogen-bond acceptors (Lipinski definition) is 3. The zero-order chi connectivity index (χ0) is 10.7. The fourth-order valence-corrected chi connectivity index (χ4v) is 3.87. The zero-order valence-corrected chi connectivity index (χ0v) is 10.9. The van der Waals surface area contributed by atoms with Crippen LogP contribution in [0.3, 0.4) is 0 Å². The third-order valence-corrected chi connectivity index (χ3v) is 5.14. The minimum absolute atomic E-state index is 0.773. The first-order chi connectivity index (χ1) is 7.25. The quantitative estimate of drug-likeness (QED) is 0.793. The molecule has 3 heteroatoms. The van der Waals surface area contributed by atoms with Gasteiger partial charge < -0.3 is 10.2 Å². The van der Waals surface area contributed by atoms with Crippen LogP contribution >= 0.6 is 11.8 Å². The lowest BCUT2D eigenvalue weighted by Gasteiger charge is -2.30. The van der Waals surface area contributed by atoms with Crippen molar-refractivity contribution < 1.29 is 0 Å². The number of likely N-dealkylation sites (tertiary alicyclic amines) is 1. The van der Waals surface area contributed by atoms with E-state index in [0.717, 1.165) is 17.2 Å². The van der Waals surface area contributed by atoms with Gasteiger partial charge in [-0.25, -0.2) is 0 Å². The van der Waals surface area contributed by atoms with E-state index >= 15 is 0 Å². The number of nitrogens with zero attached hydrogens (tertiary/aromatic N) is 1. The Bertz CT molecular complexity index is 198. The first-order valence-corrected chi connectivity index (χ1v) is 7.34. The van der Waals surface area contributed by atoms with E-state index in [-0.39, 0.29) is 0 Å². The van der Waals surface area contributed by atoms with Crippen LogP contribution in [0.5, 0.6) is 0 Å². The maximum atomic E-state index is 3.79. The van der Waals surface area contributed by atoms with Crippen molar-refractivity contribution in [2.45, 2.75) is 37.5 Å². The molecule has 0 spiro atoms. The molecule has 0 aliphatic carbocycles. The van der Waals surface area contributed by atoms with Crippen molar-refractivity contribution in [3.05, 3.63) is 0 Å². The first kappa shape index (κ1) is 11.7. The highest BCUT2D eigenvalue weighted by atomic mass is 32.2. The smallest absolute Gasteiger partial charge is 0.0184 e. The Hall–Kier alpha value is 0.270. The molecule has 2 nitrogen and oxygen atoms in total. The standard InChI is InChI=1S/C12H24N2S/c1-10-12(4-3-7-15-10)13-8-11-5-6-14(2)9-11/h10-13H,3-9H2,1-2H3. The Kier molecular flexibility index (Phi) is 4.35. The maximum absolute atomic E-state index is 3.79. The summed E-state index contributed by atoms with van der Waals surface area (Å²) in [5.74, 6) is 2.26. The predicted octanol–water partition coefficient (Wildman–Crippen LogP) is 1.81. The van der Waals surface area contributed by atoms with Crippen LogP contribution in [-0.4, -0.2) is 48.6 Å². The average molecular weight is 228 g/mol. The molecule has 3 atom stereocenters. The maximum Gasteiger partial charge on any atom is 0.0184 e. The molecule has 3 unspecified atom stereocenters. The molecular formula is C12H24N2S. The monoisotopic (exact) mass is 228 g/mol. The second kappa shape index (κ2) is 5.55. The van der Waals surface area contributed by atoms with E-state index in [1.165, 1.54) is 44.6 Å². The van der Waals surface area contributed by atoms with Crippen molar-refractivity contribution in [1.82, 2.24) is 10.2 Å². The second-order valence-electron chi connectivity index (χ2n) is 5.15. The van der Waals surface area contributed by atoms with Gasteiger partial charge in [0.25, 0.3) is 0 Å². The average Bonchev–Trinajstić information content (AvgIpc) is 2.63. The van der Waals surface area contributed by atoms with Gasteiger partial charge in [0.15, 0.2) is 0 Å². The molecule has 0 aromatic rings. The third kappa shape index (κ3) is 3.36. The third-order valence-electron chi connectivity index (χ3n) is 3.76. The summed E-state index contributed by atoms with van der Waals surface area (Å²) in [5, 5.41) is 4.60. The molecule has 88 valence electrons. The second-order valence-corrected chi connectivity index (χ2v) is 6.63. The minimum Gasteiger partial charge on any atom is -0.313 e. The molecule has 1 N–H and O–H groups in total. The molecule has 2 aliphatic rings. The summed E-state index contributed by atoms with van der Waals surface area (Å²) in [5.41, 5.74) is 0. The highest BCUT2D eigenvalue weighted by molar-refractivity contribution is 7.99. The first-order valence-electron chi connectivity index (χ1n) is 6.29. The molecule has 2 heterocycles. The topological polar surface area (TPSA) is 15.3 Å². The van der Waals surface area contributed by atoms with Crippen LogP contribution in [0.1, 0.15) is 26.2 Å². The Balaban J connectivity index is 1.68. The van der Waals surface area contributed by atoms with Crippen molar-refractivity contribution in [3.63, 3.8) is 0 Å². The Morgan fingerprint density at radius 2 is 2.27 bits per heavy atom. The fraction of sp³-hybridized carbons (Fsp3) is 1.00. The van der Waals surface area contributed by atoms with Gasteiger partial charge in [0, 0.05) is 17.8 Å². The van der Waals surface area contributed by atoms with Gasteiger partial charge in [0.2, 0.25) is 0 Å². The lowest BCUT2D eigenvalue weighted by atomic mass is 10.1. The van der Waals surface area contributed by atoms with Gasteiger partial charge in [-0.15, -0.1) is 0 Å². The minimum atomic E-state index is 0.773. The zero-order valence-electron chi connectivity index (χ0n) is 10.0.